The van der Waals surface area contributed by atoms with Crippen molar-refractivity contribution in [2.75, 3.05) is 0 Å². The summed E-state index contributed by atoms with van der Waals surface area (Å²) in [5, 5.41) is 39.9. The SMILES string of the molecule is N#CC(C#N)=C1C2=CC3c4ccc(-c5ccc(F)cc5)cc4C(=C(C#N)C#N)C3C=C2c2ccc(-c3ccc(F)cc3)cc21. The molecule has 4 nitrogen and oxygen atoms in total. The van der Waals surface area contributed by atoms with Crippen LogP contribution in [0.15, 0.2) is 114 Å². The van der Waals surface area contributed by atoms with Crippen molar-refractivity contribution in [2.24, 2.45) is 5.92 Å². The van der Waals surface area contributed by atoms with Gasteiger partial charge in [0.2, 0.25) is 0 Å². The molecule has 0 N–H and O–H groups in total. The van der Waals surface area contributed by atoms with Crippen molar-refractivity contribution in [1.29, 1.82) is 21.0 Å². The molecule has 0 aromatic heterocycles. The minimum absolute atomic E-state index is 0.0130. The van der Waals surface area contributed by atoms with Crippen LogP contribution in [-0.2, 0) is 0 Å². The highest BCUT2D eigenvalue weighted by Crippen LogP contribution is 2.58. The summed E-state index contributed by atoms with van der Waals surface area (Å²) in [5.41, 5.74) is 9.18. The molecular weight excluding hydrogens is 550 g/mol. The number of allylic oxidation sites excluding steroid dienone is 8. The number of hydrogen-bond donors (Lipinski definition) is 0. The second kappa shape index (κ2) is 10.2. The number of nitrogens with zero attached hydrogens (tertiary/aromatic N) is 4. The van der Waals surface area contributed by atoms with Gasteiger partial charge in [0.05, 0.1) is 0 Å². The van der Waals surface area contributed by atoms with E-state index in [1.54, 1.807) is 24.3 Å². The van der Waals surface area contributed by atoms with Crippen LogP contribution >= 0.6 is 0 Å². The van der Waals surface area contributed by atoms with Crippen LogP contribution in [0.3, 0.4) is 0 Å². The number of hydrogen-bond acceptors (Lipinski definition) is 4. The molecule has 4 aromatic carbocycles. The van der Waals surface area contributed by atoms with Gasteiger partial charge in [0.1, 0.15) is 47.1 Å². The Morgan fingerprint density at radius 3 is 1.57 bits per heavy atom. The first kappa shape index (κ1) is 26.6. The van der Waals surface area contributed by atoms with E-state index >= 15 is 0 Å². The highest BCUT2D eigenvalue weighted by atomic mass is 19.1. The lowest BCUT2D eigenvalue weighted by molar-refractivity contribution is 0.627. The standard InChI is InChI=1S/C38H18F2N4/c39-27-7-1-21(2-8-27)23-5-11-29-31-15-36-32(16-35(31)37(33(29)13-23)25(17-41)18-42)30-12-6-24(22-3-9-28(40)10-4-22)14-34(30)38(36)26(19-43)20-44/h1-16,31,35H. The van der Waals surface area contributed by atoms with Gasteiger partial charge < -0.3 is 0 Å². The van der Waals surface area contributed by atoms with Crippen LogP contribution in [0.25, 0.3) is 39.0 Å². The Morgan fingerprint density at radius 1 is 0.500 bits per heavy atom. The maximum absolute atomic E-state index is 13.6. The summed E-state index contributed by atoms with van der Waals surface area (Å²) in [4.78, 5) is 0. The van der Waals surface area contributed by atoms with E-state index in [9.17, 15) is 29.8 Å². The normalized spacial score (nSPS) is 17.0. The molecule has 0 spiro atoms. The minimum Gasteiger partial charge on any atom is -0.207 e. The predicted octanol–water partition coefficient (Wildman–Crippen LogP) is 8.65. The first-order valence-electron chi connectivity index (χ1n) is 13.8. The van der Waals surface area contributed by atoms with E-state index in [2.05, 4.69) is 24.3 Å². The Kier molecular flexibility index (Phi) is 6.15. The van der Waals surface area contributed by atoms with Gasteiger partial charge in [-0.05, 0) is 97.6 Å². The Bertz CT molecular complexity index is 2190. The largest absolute Gasteiger partial charge is 0.207 e. The number of nitriles is 4. The van der Waals surface area contributed by atoms with Gasteiger partial charge in [-0.15, -0.1) is 0 Å². The van der Waals surface area contributed by atoms with E-state index in [0.29, 0.717) is 11.1 Å². The fourth-order valence-electron chi connectivity index (χ4n) is 6.63. The molecule has 204 valence electrons. The van der Waals surface area contributed by atoms with Gasteiger partial charge >= 0.3 is 0 Å². The molecule has 4 aromatic rings. The summed E-state index contributed by atoms with van der Waals surface area (Å²) >= 11 is 0. The maximum Gasteiger partial charge on any atom is 0.138 e. The molecule has 0 heterocycles. The Morgan fingerprint density at radius 2 is 1.00 bits per heavy atom. The molecule has 0 radical (unpaired) electrons. The van der Waals surface area contributed by atoms with Crippen molar-refractivity contribution >= 4 is 16.7 Å². The molecule has 2 atom stereocenters. The van der Waals surface area contributed by atoms with Crippen LogP contribution in [0.4, 0.5) is 8.78 Å². The summed E-state index contributed by atoms with van der Waals surface area (Å²) < 4.78 is 27.2. The fourth-order valence-corrected chi connectivity index (χ4v) is 6.63. The second-order valence-corrected chi connectivity index (χ2v) is 10.8. The highest BCUT2D eigenvalue weighted by Gasteiger charge is 2.42. The third kappa shape index (κ3) is 3.99. The zero-order chi connectivity index (χ0) is 30.5. The Labute approximate surface area is 252 Å². The first-order valence-corrected chi connectivity index (χ1v) is 13.8. The molecular formula is C38H18F2N4. The van der Waals surface area contributed by atoms with Gasteiger partial charge in [0.15, 0.2) is 0 Å². The molecule has 3 aliphatic rings. The van der Waals surface area contributed by atoms with Gasteiger partial charge in [-0.1, -0.05) is 60.7 Å². The lowest BCUT2D eigenvalue weighted by Crippen LogP contribution is -2.09. The Hall–Kier alpha value is -6.34. The van der Waals surface area contributed by atoms with E-state index in [-0.39, 0.29) is 34.6 Å². The lowest BCUT2D eigenvalue weighted by Gasteiger charge is -2.23. The Balaban J connectivity index is 1.44. The molecule has 6 heteroatoms. The zero-order valence-corrected chi connectivity index (χ0v) is 22.9. The average molecular weight is 569 g/mol. The highest BCUT2D eigenvalue weighted by molar-refractivity contribution is 6.12. The third-order valence-electron chi connectivity index (χ3n) is 8.58. The van der Waals surface area contributed by atoms with Crippen molar-refractivity contribution in [3.8, 4) is 46.5 Å². The van der Waals surface area contributed by atoms with Gasteiger partial charge in [-0.2, -0.15) is 21.0 Å². The van der Waals surface area contributed by atoms with Crippen LogP contribution < -0.4 is 0 Å². The van der Waals surface area contributed by atoms with Gasteiger partial charge in [0.25, 0.3) is 0 Å². The second-order valence-electron chi connectivity index (χ2n) is 10.8. The van der Waals surface area contributed by atoms with E-state index in [0.717, 1.165) is 55.7 Å². The van der Waals surface area contributed by atoms with Crippen molar-refractivity contribution in [3.05, 3.63) is 148 Å². The number of fused-ring (bicyclic) bond motifs is 6. The van der Waals surface area contributed by atoms with E-state index in [1.165, 1.54) is 24.3 Å². The van der Waals surface area contributed by atoms with Crippen LogP contribution in [-0.4, -0.2) is 0 Å². The van der Waals surface area contributed by atoms with Crippen LogP contribution in [0, 0.1) is 62.9 Å². The number of benzene rings is 4. The summed E-state index contributed by atoms with van der Waals surface area (Å²) in [5.74, 6) is -1.27. The van der Waals surface area contributed by atoms with E-state index in [4.69, 9.17) is 0 Å². The summed E-state index contributed by atoms with van der Waals surface area (Å²) in [6.07, 6.45) is 4.08. The quantitative estimate of drug-likeness (QED) is 0.226. The molecule has 0 aliphatic heterocycles. The molecule has 0 bridgehead atoms. The molecule has 3 aliphatic carbocycles. The van der Waals surface area contributed by atoms with Crippen LogP contribution in [0.2, 0.25) is 0 Å². The third-order valence-corrected chi connectivity index (χ3v) is 8.58. The van der Waals surface area contributed by atoms with Crippen molar-refractivity contribution < 1.29 is 8.78 Å². The number of rotatable bonds is 2. The smallest absolute Gasteiger partial charge is 0.138 e. The number of halogens is 2. The van der Waals surface area contributed by atoms with Crippen molar-refractivity contribution in [3.63, 3.8) is 0 Å². The van der Waals surface area contributed by atoms with Gasteiger partial charge in [0, 0.05) is 17.4 Å². The minimum atomic E-state index is -0.345. The molecule has 0 saturated carbocycles. The van der Waals surface area contributed by atoms with Gasteiger partial charge in [-0.25, -0.2) is 8.78 Å². The zero-order valence-electron chi connectivity index (χ0n) is 22.9. The average Bonchev–Trinajstić information content (AvgIpc) is 3.53. The lowest BCUT2D eigenvalue weighted by atomic mass is 9.79. The van der Waals surface area contributed by atoms with E-state index < -0.39 is 0 Å². The fraction of sp³-hybridized carbons (Fsp3) is 0.0526. The maximum atomic E-state index is 13.6. The van der Waals surface area contributed by atoms with Gasteiger partial charge in [-0.3, -0.25) is 0 Å². The van der Waals surface area contributed by atoms with Crippen molar-refractivity contribution in [2.45, 2.75) is 5.92 Å². The molecule has 2 unspecified atom stereocenters. The summed E-state index contributed by atoms with van der Waals surface area (Å²) in [7, 11) is 0. The molecule has 44 heavy (non-hydrogen) atoms. The van der Waals surface area contributed by atoms with Crippen LogP contribution in [0.5, 0.6) is 0 Å². The van der Waals surface area contributed by atoms with E-state index in [1.807, 2.05) is 48.6 Å². The predicted molar refractivity (Wildman–Crippen MR) is 162 cm³/mol. The summed E-state index contributed by atoms with van der Waals surface area (Å²) in [6, 6.07) is 32.2. The molecule has 7 rings (SSSR count). The first-order chi connectivity index (χ1) is 21.4. The molecule has 0 amide bonds. The molecule has 0 saturated heterocycles. The summed E-state index contributed by atoms with van der Waals surface area (Å²) in [6.45, 7) is 0. The topological polar surface area (TPSA) is 95.2 Å². The van der Waals surface area contributed by atoms with Crippen molar-refractivity contribution in [1.82, 2.24) is 0 Å². The monoisotopic (exact) mass is 568 g/mol. The van der Waals surface area contributed by atoms with Crippen LogP contribution in [0.1, 0.15) is 28.2 Å². The molecule has 0 fully saturated rings.